The SMILES string of the molecule is CC(Cc1ccc(Br)cc1)C(=O)N[C@@H]1C=C[C@H](CO)C1. The number of amides is 1. The van der Waals surface area contributed by atoms with Crippen molar-refractivity contribution in [1.82, 2.24) is 5.32 Å². The van der Waals surface area contributed by atoms with Gasteiger partial charge in [-0.1, -0.05) is 47.1 Å². The molecule has 2 rings (SSSR count). The minimum absolute atomic E-state index is 0.0576. The summed E-state index contributed by atoms with van der Waals surface area (Å²) in [6.45, 7) is 2.09. The second-order valence-corrected chi connectivity index (χ2v) is 6.33. The minimum Gasteiger partial charge on any atom is -0.396 e. The zero-order valence-electron chi connectivity index (χ0n) is 11.6. The molecule has 20 heavy (non-hydrogen) atoms. The van der Waals surface area contributed by atoms with Crippen molar-refractivity contribution in [3.63, 3.8) is 0 Å². The van der Waals surface area contributed by atoms with Gasteiger partial charge in [-0.2, -0.15) is 0 Å². The summed E-state index contributed by atoms with van der Waals surface area (Å²) in [5.74, 6) is 0.195. The van der Waals surface area contributed by atoms with Gasteiger partial charge in [-0.25, -0.2) is 0 Å². The lowest BCUT2D eigenvalue weighted by atomic mass is 10.00. The van der Waals surface area contributed by atoms with Gasteiger partial charge in [-0.3, -0.25) is 4.79 Å². The first-order valence-electron chi connectivity index (χ1n) is 6.92. The van der Waals surface area contributed by atoms with E-state index in [1.807, 2.05) is 43.3 Å². The highest BCUT2D eigenvalue weighted by Gasteiger charge is 2.22. The minimum atomic E-state index is -0.0576. The topological polar surface area (TPSA) is 49.3 Å². The molecule has 0 heterocycles. The summed E-state index contributed by atoms with van der Waals surface area (Å²) in [6, 6.07) is 8.11. The third-order valence-electron chi connectivity index (χ3n) is 3.64. The number of aliphatic hydroxyl groups excluding tert-OH is 1. The van der Waals surface area contributed by atoms with E-state index in [0.29, 0.717) is 0 Å². The molecule has 4 heteroatoms. The molecular formula is C16H20BrNO2. The van der Waals surface area contributed by atoms with Crippen molar-refractivity contribution in [3.8, 4) is 0 Å². The molecule has 0 aliphatic heterocycles. The van der Waals surface area contributed by atoms with Gasteiger partial charge in [-0.15, -0.1) is 0 Å². The van der Waals surface area contributed by atoms with Crippen LogP contribution < -0.4 is 5.32 Å². The lowest BCUT2D eigenvalue weighted by Gasteiger charge is -2.17. The molecule has 0 aromatic heterocycles. The van der Waals surface area contributed by atoms with Gasteiger partial charge in [0.05, 0.1) is 0 Å². The molecule has 0 saturated heterocycles. The average Bonchev–Trinajstić information content (AvgIpc) is 2.89. The zero-order valence-corrected chi connectivity index (χ0v) is 13.1. The Morgan fingerprint density at radius 3 is 2.70 bits per heavy atom. The van der Waals surface area contributed by atoms with Crippen LogP contribution >= 0.6 is 15.9 Å². The zero-order chi connectivity index (χ0) is 14.5. The Bertz CT molecular complexity index is 484. The third kappa shape index (κ3) is 4.18. The predicted octanol–water partition coefficient (Wildman–Crippen LogP) is 2.68. The smallest absolute Gasteiger partial charge is 0.223 e. The van der Waals surface area contributed by atoms with Gasteiger partial charge in [-0.05, 0) is 30.5 Å². The summed E-state index contributed by atoms with van der Waals surface area (Å²) in [4.78, 5) is 12.1. The van der Waals surface area contributed by atoms with Crippen molar-refractivity contribution < 1.29 is 9.90 Å². The Morgan fingerprint density at radius 1 is 1.40 bits per heavy atom. The van der Waals surface area contributed by atoms with Crippen molar-refractivity contribution in [2.75, 3.05) is 6.61 Å². The Hall–Kier alpha value is -1.13. The van der Waals surface area contributed by atoms with Gasteiger partial charge in [0.1, 0.15) is 0 Å². The van der Waals surface area contributed by atoms with Gasteiger partial charge in [0.25, 0.3) is 0 Å². The molecule has 0 fully saturated rings. The molecule has 3 nitrogen and oxygen atoms in total. The van der Waals surface area contributed by atoms with E-state index < -0.39 is 0 Å². The maximum absolute atomic E-state index is 12.1. The molecule has 1 aromatic rings. The number of benzene rings is 1. The molecule has 0 spiro atoms. The molecule has 0 radical (unpaired) electrons. The van der Waals surface area contributed by atoms with Crippen LogP contribution in [-0.2, 0) is 11.2 Å². The van der Waals surface area contributed by atoms with E-state index in [1.54, 1.807) is 0 Å². The maximum Gasteiger partial charge on any atom is 0.223 e. The second-order valence-electron chi connectivity index (χ2n) is 5.41. The van der Waals surface area contributed by atoms with Crippen LogP contribution in [0.1, 0.15) is 18.9 Å². The van der Waals surface area contributed by atoms with Gasteiger partial charge in [0.15, 0.2) is 0 Å². The van der Waals surface area contributed by atoms with Crippen molar-refractivity contribution in [2.24, 2.45) is 11.8 Å². The summed E-state index contributed by atoms with van der Waals surface area (Å²) in [5.41, 5.74) is 1.16. The molecule has 0 saturated carbocycles. The molecule has 1 aliphatic carbocycles. The van der Waals surface area contributed by atoms with E-state index in [4.69, 9.17) is 5.11 Å². The highest BCUT2D eigenvalue weighted by molar-refractivity contribution is 9.10. The summed E-state index contributed by atoms with van der Waals surface area (Å²) >= 11 is 3.40. The Kier molecular flexibility index (Phi) is 5.38. The van der Waals surface area contributed by atoms with Gasteiger partial charge < -0.3 is 10.4 Å². The molecular weight excluding hydrogens is 318 g/mol. The maximum atomic E-state index is 12.1. The highest BCUT2D eigenvalue weighted by Crippen LogP contribution is 2.18. The van der Waals surface area contributed by atoms with E-state index >= 15 is 0 Å². The second kappa shape index (κ2) is 7.04. The number of halogens is 1. The number of hydrogen-bond donors (Lipinski definition) is 2. The molecule has 1 aromatic carbocycles. The number of hydrogen-bond acceptors (Lipinski definition) is 2. The molecule has 1 amide bonds. The van der Waals surface area contributed by atoms with Crippen molar-refractivity contribution >= 4 is 21.8 Å². The normalized spacial score (nSPS) is 22.8. The van der Waals surface area contributed by atoms with Crippen LogP contribution in [0.4, 0.5) is 0 Å². The quantitative estimate of drug-likeness (QED) is 0.811. The van der Waals surface area contributed by atoms with Crippen molar-refractivity contribution in [3.05, 3.63) is 46.5 Å². The summed E-state index contributed by atoms with van der Waals surface area (Å²) in [6.07, 6.45) is 5.49. The number of aliphatic hydroxyl groups is 1. The van der Waals surface area contributed by atoms with Crippen LogP contribution in [0.2, 0.25) is 0 Å². The van der Waals surface area contributed by atoms with Crippen LogP contribution in [0.3, 0.4) is 0 Å². The number of nitrogens with one attached hydrogen (secondary N) is 1. The van der Waals surface area contributed by atoms with Crippen LogP contribution in [0.5, 0.6) is 0 Å². The van der Waals surface area contributed by atoms with Crippen LogP contribution in [0.25, 0.3) is 0 Å². The Labute approximate surface area is 128 Å². The number of carbonyl (C=O) groups is 1. The lowest BCUT2D eigenvalue weighted by molar-refractivity contribution is -0.124. The molecule has 2 N–H and O–H groups in total. The largest absolute Gasteiger partial charge is 0.396 e. The predicted molar refractivity (Wildman–Crippen MR) is 83.3 cm³/mol. The van der Waals surface area contributed by atoms with Crippen molar-refractivity contribution in [2.45, 2.75) is 25.8 Å². The molecule has 0 bridgehead atoms. The highest BCUT2D eigenvalue weighted by atomic mass is 79.9. The summed E-state index contributed by atoms with van der Waals surface area (Å²) in [7, 11) is 0. The average molecular weight is 338 g/mol. The molecule has 1 unspecified atom stereocenters. The Balaban J connectivity index is 1.83. The van der Waals surface area contributed by atoms with Gasteiger partial charge in [0, 0.05) is 29.0 Å². The van der Waals surface area contributed by atoms with Crippen LogP contribution in [-0.4, -0.2) is 23.7 Å². The number of carbonyl (C=O) groups excluding carboxylic acids is 1. The van der Waals surface area contributed by atoms with E-state index in [-0.39, 0.29) is 30.4 Å². The first kappa shape index (κ1) is 15.3. The first-order valence-corrected chi connectivity index (χ1v) is 7.71. The first-order chi connectivity index (χ1) is 9.58. The third-order valence-corrected chi connectivity index (χ3v) is 4.17. The lowest BCUT2D eigenvalue weighted by Crippen LogP contribution is -2.37. The number of rotatable bonds is 5. The molecule has 1 aliphatic rings. The molecule has 108 valence electrons. The van der Waals surface area contributed by atoms with Crippen molar-refractivity contribution in [1.29, 1.82) is 0 Å². The van der Waals surface area contributed by atoms with E-state index in [0.717, 1.165) is 22.9 Å². The van der Waals surface area contributed by atoms with Gasteiger partial charge >= 0.3 is 0 Å². The fourth-order valence-corrected chi connectivity index (χ4v) is 2.67. The molecule has 3 atom stereocenters. The Morgan fingerprint density at radius 2 is 2.10 bits per heavy atom. The fraction of sp³-hybridized carbons (Fsp3) is 0.438. The van der Waals surface area contributed by atoms with E-state index in [1.165, 1.54) is 0 Å². The summed E-state index contributed by atoms with van der Waals surface area (Å²) < 4.78 is 1.05. The monoisotopic (exact) mass is 337 g/mol. The van der Waals surface area contributed by atoms with E-state index in [9.17, 15) is 4.79 Å². The fourth-order valence-electron chi connectivity index (χ4n) is 2.41. The van der Waals surface area contributed by atoms with Crippen LogP contribution in [0.15, 0.2) is 40.9 Å². The van der Waals surface area contributed by atoms with E-state index in [2.05, 4.69) is 21.2 Å². The standard InChI is InChI=1S/C16H20BrNO2/c1-11(8-12-2-5-14(17)6-3-12)16(20)18-15-7-4-13(9-15)10-19/h2-7,11,13,15,19H,8-10H2,1H3,(H,18,20)/t11?,13-,15+/m0/s1. The van der Waals surface area contributed by atoms with Crippen LogP contribution in [0, 0.1) is 11.8 Å². The summed E-state index contributed by atoms with van der Waals surface area (Å²) in [5, 5.41) is 12.1. The van der Waals surface area contributed by atoms with Gasteiger partial charge in [0.2, 0.25) is 5.91 Å².